The molecular formula is C80H130O65. The van der Waals surface area contributed by atoms with E-state index < -0.39 is 499 Å². The number of aliphatic hydroxyl groups excluding tert-OH is 34. The van der Waals surface area contributed by atoms with Gasteiger partial charge in [-0.25, -0.2) is 0 Å². The molecule has 65 heteroatoms. The second-order valence-corrected chi connectivity index (χ2v) is 37.6. The minimum Gasteiger partial charge on any atom is -0.394 e. The Morgan fingerprint density at radius 2 is 0.283 bits per heavy atom. The molecule has 65 nitrogen and oxygen atoms in total. The normalized spacial score (nSPS) is 54.7. The molecule has 16 rings (SSSR count). The SMILES string of the molecule is OC[C@@H]1O[C@@H](OC2[C@H](O[C@@H]3CO[C@H](O[C@@H]4CO[C@H](O[C@@H]5CO[C@H](O[C@@H]6CO[C@H](O[C@@H]7CO[C@H](O[C@@H]8CO[C@H](O[C@@H]9CO[C@H](O[C@@H]%10CO[C@H](O[C@@H]%11CO[C@H](O[C@@H]%12CO[C@H](O[C@@H]%13CO[C@H](O[C@@H]%14CO[C@@H](O[C@@H]%15CO[C@@H](O)C(O)[C@H]%15O)C(O)[C@H]%14O)C(O)[C@H]%13O)C(O)[C@H]%12O)C(O)[C@H]%11O)C(O)[C@H]%10O)C(O)[C@H]9O)C(O)[C@H]8O)C(O)[C@H]7O)C(O)[C@H]6O)C(O)[C@H]5O)C(O)[C@H]4O)C(O)[C@H]3O)OC[C@@H](O)[C@@H]2O[C@@H]2O[C@@H](CO)[C@@H](O)C2O)C(O)[C@@H]1O. The maximum Gasteiger partial charge on any atom is 0.187 e. The van der Waals surface area contributed by atoms with Crippen molar-refractivity contribution in [1.29, 1.82) is 0 Å². The maximum absolute atomic E-state index is 11.4. The highest BCUT2D eigenvalue weighted by Gasteiger charge is 2.61. The van der Waals surface area contributed by atoms with Crippen molar-refractivity contribution in [2.45, 2.75) is 394 Å². The highest BCUT2D eigenvalue weighted by atomic mass is 16.8. The molecule has 0 aromatic heterocycles. The molecule has 16 heterocycles. The van der Waals surface area contributed by atoms with E-state index in [1.807, 2.05) is 0 Å². The summed E-state index contributed by atoms with van der Waals surface area (Å²) in [5.74, 6) is 0. The fourth-order valence-corrected chi connectivity index (χ4v) is 18.7. The van der Waals surface area contributed by atoms with Gasteiger partial charge in [0, 0.05) is 0 Å². The van der Waals surface area contributed by atoms with Gasteiger partial charge in [-0.3, -0.25) is 0 Å². The molecule has 64 atom stereocenters. The fraction of sp³-hybridized carbons (Fsp3) is 1.00. The van der Waals surface area contributed by atoms with Crippen molar-refractivity contribution in [3.8, 4) is 0 Å². The smallest absolute Gasteiger partial charge is 0.187 e. The molecule has 34 N–H and O–H groups in total. The molecule has 16 saturated heterocycles. The molecule has 0 aliphatic carbocycles. The first-order chi connectivity index (χ1) is 69.0. The quantitative estimate of drug-likeness (QED) is 0.0297. The average molecular weight is 2130 g/mol. The van der Waals surface area contributed by atoms with Gasteiger partial charge < -0.3 is 320 Å². The van der Waals surface area contributed by atoms with E-state index in [1.54, 1.807) is 0 Å². The van der Waals surface area contributed by atoms with Crippen LogP contribution in [-0.4, -0.2) is 673 Å². The molecule has 16 fully saturated rings. The monoisotopic (exact) mass is 2130 g/mol. The van der Waals surface area contributed by atoms with Crippen LogP contribution in [0.25, 0.3) is 0 Å². The molecule has 0 radical (unpaired) electrons. The van der Waals surface area contributed by atoms with E-state index in [4.69, 9.17) is 147 Å². The molecule has 16 aliphatic heterocycles. The van der Waals surface area contributed by atoms with Crippen LogP contribution < -0.4 is 0 Å². The van der Waals surface area contributed by atoms with Crippen molar-refractivity contribution < 1.29 is 320 Å². The van der Waals surface area contributed by atoms with Crippen molar-refractivity contribution in [2.75, 3.05) is 106 Å². The van der Waals surface area contributed by atoms with E-state index >= 15 is 0 Å². The summed E-state index contributed by atoms with van der Waals surface area (Å²) < 4.78 is 174. The van der Waals surface area contributed by atoms with Gasteiger partial charge in [0.15, 0.2) is 101 Å². The molecule has 0 saturated carbocycles. The Hall–Kier alpha value is -2.60. The van der Waals surface area contributed by atoms with Crippen molar-refractivity contribution >= 4 is 0 Å². The number of ether oxygens (including phenoxy) is 31. The average Bonchev–Trinajstić information content (AvgIpc) is 1.45. The Kier molecular flexibility index (Phi) is 39.5. The number of hydrogen-bond donors (Lipinski definition) is 34. The zero-order chi connectivity index (χ0) is 104. The molecule has 145 heavy (non-hydrogen) atoms. The van der Waals surface area contributed by atoms with Gasteiger partial charge in [-0.2, -0.15) is 0 Å². The van der Waals surface area contributed by atoms with Crippen molar-refractivity contribution in [1.82, 2.24) is 0 Å². The van der Waals surface area contributed by atoms with Crippen molar-refractivity contribution in [3.05, 3.63) is 0 Å². The topological polar surface area (TPSA) is 974 Å². The van der Waals surface area contributed by atoms with Crippen LogP contribution in [0.2, 0.25) is 0 Å². The molecule has 840 valence electrons. The minimum atomic E-state index is -2.03. The third-order valence-electron chi connectivity index (χ3n) is 27.7. The number of aliphatic hydroxyl groups is 34. The van der Waals surface area contributed by atoms with Gasteiger partial charge in [0.25, 0.3) is 0 Å². The van der Waals surface area contributed by atoms with Crippen LogP contribution in [0.1, 0.15) is 0 Å². The summed E-state index contributed by atoms with van der Waals surface area (Å²) in [6.45, 7) is -9.84. The Balaban J connectivity index is 0.412. The van der Waals surface area contributed by atoms with Crippen LogP contribution in [0.4, 0.5) is 0 Å². The fourth-order valence-electron chi connectivity index (χ4n) is 18.7. The molecule has 0 aromatic rings. The van der Waals surface area contributed by atoms with Crippen LogP contribution in [0, 0.1) is 0 Å². The maximum atomic E-state index is 11.4. The van der Waals surface area contributed by atoms with Crippen LogP contribution in [0.5, 0.6) is 0 Å². The van der Waals surface area contributed by atoms with Crippen LogP contribution >= 0.6 is 0 Å². The number of rotatable bonds is 32. The highest BCUT2D eigenvalue weighted by Crippen LogP contribution is 2.41. The van der Waals surface area contributed by atoms with E-state index in [9.17, 15) is 174 Å². The van der Waals surface area contributed by atoms with Crippen LogP contribution in [0.3, 0.4) is 0 Å². The van der Waals surface area contributed by atoms with Gasteiger partial charge in [0.1, 0.15) is 293 Å². The first kappa shape index (κ1) is 115. The van der Waals surface area contributed by atoms with Gasteiger partial charge >= 0.3 is 0 Å². The second kappa shape index (κ2) is 49.9. The van der Waals surface area contributed by atoms with E-state index in [0.717, 1.165) is 0 Å². The summed E-state index contributed by atoms with van der Waals surface area (Å²) in [5, 5.41) is 370. The lowest BCUT2D eigenvalue weighted by Gasteiger charge is -2.46. The Morgan fingerprint density at radius 3 is 0.455 bits per heavy atom. The Labute approximate surface area is 817 Å². The summed E-state index contributed by atoms with van der Waals surface area (Å²) >= 11 is 0. The predicted molar refractivity (Wildman–Crippen MR) is 429 cm³/mol. The Bertz CT molecular complexity index is 3830. The van der Waals surface area contributed by atoms with Gasteiger partial charge in [-0.05, 0) is 0 Å². The standard InChI is InChI=1S/C80H130O65/c81-1-18-33(84)61(112)78(129-18)144-63-17(83)3-116-80(64(63)145-79-62(113)34(85)19(2-82)130-79)143-32-16-128-77(60(111)47(32)98)142-31-15-127-76(59(110)46(31)97)141-30-14-126-75(58(109)45(30)96)140-29-13-125-74(57(108)44(29)95)139-28-12-124-73(56(107)43(28)94)138-27-11-123-72(55(106)42(27)93)137-26-10-122-71(54(105)41(26)92)136-25-9-121-70(53(104)40(25)91)135-24-8-120-69(52(103)39(24)90)134-23-7-119-68(51(102)38(23)89)133-22-6-118-67(50(101)37(22)88)132-21-5-117-66(49(100)36(21)87)131-20-4-115-65(114)48(99)35(20)86/h17-114H,1-16H2/t17-,18+,19+,20-,21-,22-,23-,24-,25-,26-,27-,28-,29-,30-,31-,32-,33-,34-,35+,36+,37+,38+,39+,40+,41+,42+,43+,44+,45+,46+,47+,48?,49?,50?,51?,52?,53?,54?,55?,56?,57?,58?,59?,60?,61?,62?,63+,64?,65-,66+,67-,68-,69-,70-,71-,72-,73-,74-,75-,76-,77-,78+,79+,80+/m1/s1. The minimum absolute atomic E-state index is 0.417. The molecule has 0 spiro atoms. The third kappa shape index (κ3) is 25.0. The van der Waals surface area contributed by atoms with Crippen LogP contribution in [0.15, 0.2) is 0 Å². The van der Waals surface area contributed by atoms with E-state index in [1.165, 1.54) is 0 Å². The van der Waals surface area contributed by atoms with E-state index in [2.05, 4.69) is 0 Å². The summed E-state index contributed by atoms with van der Waals surface area (Å²) in [7, 11) is 0. The molecule has 0 amide bonds. The van der Waals surface area contributed by atoms with Crippen LogP contribution in [-0.2, 0) is 147 Å². The summed E-state index contributed by atoms with van der Waals surface area (Å²) in [4.78, 5) is 0. The van der Waals surface area contributed by atoms with Gasteiger partial charge in [-0.1, -0.05) is 0 Å². The zero-order valence-corrected chi connectivity index (χ0v) is 76.1. The molecular weight excluding hydrogens is 2000 g/mol. The predicted octanol–water partition coefficient (Wildman–Crippen LogP) is -25.6. The molecule has 0 bridgehead atoms. The third-order valence-corrected chi connectivity index (χ3v) is 27.7. The Morgan fingerprint density at radius 1 is 0.138 bits per heavy atom. The summed E-state index contributed by atoms with van der Waals surface area (Å²) in [6.07, 6.45) is -112. The van der Waals surface area contributed by atoms with Crippen molar-refractivity contribution in [3.63, 3.8) is 0 Å². The van der Waals surface area contributed by atoms with Gasteiger partial charge in [-0.15, -0.1) is 0 Å². The van der Waals surface area contributed by atoms with E-state index in [-0.39, 0.29) is 0 Å². The zero-order valence-electron chi connectivity index (χ0n) is 76.1. The largest absolute Gasteiger partial charge is 0.394 e. The lowest BCUT2D eigenvalue weighted by Crippen LogP contribution is -2.64. The second-order valence-electron chi connectivity index (χ2n) is 37.6. The number of hydrogen-bond acceptors (Lipinski definition) is 65. The molecule has 16 aliphatic rings. The van der Waals surface area contributed by atoms with Crippen molar-refractivity contribution in [2.24, 2.45) is 0 Å². The first-order valence-electron chi connectivity index (χ1n) is 46.8. The highest BCUT2D eigenvalue weighted by molar-refractivity contribution is 5.02. The lowest BCUT2D eigenvalue weighted by atomic mass is 10.0. The van der Waals surface area contributed by atoms with Gasteiger partial charge in [0.05, 0.1) is 106 Å². The molecule has 16 unspecified atom stereocenters. The van der Waals surface area contributed by atoms with Gasteiger partial charge in [0.2, 0.25) is 0 Å². The molecule has 0 aromatic carbocycles. The van der Waals surface area contributed by atoms with E-state index in [0.29, 0.717) is 0 Å². The lowest BCUT2D eigenvalue weighted by molar-refractivity contribution is -0.373. The first-order valence-corrected chi connectivity index (χ1v) is 46.8. The summed E-state index contributed by atoms with van der Waals surface area (Å²) in [6, 6.07) is 0. The summed E-state index contributed by atoms with van der Waals surface area (Å²) in [5.41, 5.74) is 0.